The molecule has 0 aromatic heterocycles. The van der Waals surface area contributed by atoms with Gasteiger partial charge in [-0.25, -0.2) is 0 Å². The van der Waals surface area contributed by atoms with Crippen LogP contribution in [0.25, 0.3) is 5.57 Å². The molecular weight excluding hydrogens is 208 g/mol. The van der Waals surface area contributed by atoms with Gasteiger partial charge in [0.2, 0.25) is 0 Å². The summed E-state index contributed by atoms with van der Waals surface area (Å²) < 4.78 is 5.28. The van der Waals surface area contributed by atoms with Crippen LogP contribution in [-0.4, -0.2) is 7.11 Å². The summed E-state index contributed by atoms with van der Waals surface area (Å²) in [6, 6.07) is 8.40. The molecule has 1 nitrogen and oxygen atoms in total. The van der Waals surface area contributed by atoms with Crippen molar-refractivity contribution in [3.8, 4) is 0 Å². The summed E-state index contributed by atoms with van der Waals surface area (Å²) in [7, 11) is 1.69. The summed E-state index contributed by atoms with van der Waals surface area (Å²) >= 11 is 0. The first-order valence-electron chi connectivity index (χ1n) is 6.04. The molecule has 0 atom stereocenters. The molecule has 0 amide bonds. The van der Waals surface area contributed by atoms with Gasteiger partial charge in [-0.15, -0.1) is 0 Å². The van der Waals surface area contributed by atoms with Gasteiger partial charge in [0, 0.05) is 5.57 Å². The topological polar surface area (TPSA) is 9.23 Å². The molecule has 0 saturated carbocycles. The largest absolute Gasteiger partial charge is 0.501 e. The predicted molar refractivity (Wildman–Crippen MR) is 76.9 cm³/mol. The second-order valence-electron chi connectivity index (χ2n) is 3.78. The molecular formula is C16H24O. The molecule has 1 aromatic rings. The molecule has 94 valence electrons. The molecule has 0 radical (unpaired) electrons. The van der Waals surface area contributed by atoms with Gasteiger partial charge in [0.05, 0.1) is 7.11 Å². The fraction of sp³-hybridized carbons (Fsp3) is 0.375. The lowest BCUT2D eigenvalue weighted by Crippen LogP contribution is -1.92. The van der Waals surface area contributed by atoms with Crippen molar-refractivity contribution < 1.29 is 4.74 Å². The highest BCUT2D eigenvalue weighted by Gasteiger charge is 2.06. The number of hydrogen-bond acceptors (Lipinski definition) is 1. The van der Waals surface area contributed by atoms with Gasteiger partial charge in [-0.2, -0.15) is 0 Å². The third-order valence-corrected chi connectivity index (χ3v) is 2.43. The minimum atomic E-state index is 0.909. The fourth-order valence-corrected chi connectivity index (χ4v) is 1.57. The number of ether oxygens (including phenoxy) is 1. The van der Waals surface area contributed by atoms with Gasteiger partial charge >= 0.3 is 0 Å². The quantitative estimate of drug-likeness (QED) is 0.528. The summed E-state index contributed by atoms with van der Waals surface area (Å²) in [6.45, 7) is 14.0. The van der Waals surface area contributed by atoms with Crippen molar-refractivity contribution in [1.82, 2.24) is 0 Å². The maximum absolute atomic E-state index is 5.28. The molecule has 0 heterocycles. The van der Waals surface area contributed by atoms with Crippen LogP contribution in [0.3, 0.4) is 0 Å². The van der Waals surface area contributed by atoms with E-state index in [0.29, 0.717) is 0 Å². The minimum absolute atomic E-state index is 0.909. The highest BCUT2D eigenvalue weighted by molar-refractivity contribution is 5.79. The number of aryl methyl sites for hydroxylation is 1. The lowest BCUT2D eigenvalue weighted by Gasteiger charge is -2.11. The fourth-order valence-electron chi connectivity index (χ4n) is 1.57. The molecule has 1 aromatic carbocycles. The van der Waals surface area contributed by atoms with Gasteiger partial charge in [-0.3, -0.25) is 0 Å². The Balaban J connectivity index is 0.00000121. The first-order chi connectivity index (χ1) is 8.06. The van der Waals surface area contributed by atoms with Crippen molar-refractivity contribution in [3.63, 3.8) is 0 Å². The maximum Gasteiger partial charge on any atom is 0.100 e. The highest BCUT2D eigenvalue weighted by Crippen LogP contribution is 2.25. The Hall–Kier alpha value is -1.50. The molecule has 0 unspecified atom stereocenters. The zero-order chi connectivity index (χ0) is 13.4. The van der Waals surface area contributed by atoms with E-state index in [4.69, 9.17) is 4.74 Å². The van der Waals surface area contributed by atoms with Crippen LogP contribution >= 0.6 is 0 Å². The summed E-state index contributed by atoms with van der Waals surface area (Å²) in [4.78, 5) is 0. The van der Waals surface area contributed by atoms with Crippen LogP contribution in [-0.2, 0) is 4.74 Å². The number of methoxy groups -OCH3 is 1. The van der Waals surface area contributed by atoms with E-state index in [1.54, 1.807) is 7.11 Å². The normalized spacial score (nSPS) is 10.9. The van der Waals surface area contributed by atoms with Gasteiger partial charge in [0.25, 0.3) is 0 Å². The SMILES string of the molecule is C=C(C)/C(=C(/C)OC)c1ccc(C)cc1.CC. The molecule has 0 saturated heterocycles. The van der Waals surface area contributed by atoms with Crippen LogP contribution in [0.15, 0.2) is 42.2 Å². The Labute approximate surface area is 106 Å². The average molecular weight is 232 g/mol. The summed E-state index contributed by atoms with van der Waals surface area (Å²) in [6.07, 6.45) is 0. The molecule has 0 spiro atoms. The monoisotopic (exact) mass is 232 g/mol. The molecule has 0 bridgehead atoms. The van der Waals surface area contributed by atoms with E-state index < -0.39 is 0 Å². The third kappa shape index (κ3) is 4.48. The van der Waals surface area contributed by atoms with Crippen molar-refractivity contribution in [1.29, 1.82) is 0 Å². The summed E-state index contributed by atoms with van der Waals surface area (Å²) in [5.41, 5.74) is 4.54. The molecule has 1 heteroatoms. The van der Waals surface area contributed by atoms with Gasteiger partial charge in [0.15, 0.2) is 0 Å². The minimum Gasteiger partial charge on any atom is -0.501 e. The van der Waals surface area contributed by atoms with Crippen LogP contribution in [0, 0.1) is 6.92 Å². The Morgan fingerprint density at radius 1 is 1.06 bits per heavy atom. The lowest BCUT2D eigenvalue weighted by molar-refractivity contribution is 0.296. The van der Waals surface area contributed by atoms with Crippen LogP contribution in [0.4, 0.5) is 0 Å². The van der Waals surface area contributed by atoms with Crippen molar-refractivity contribution in [2.45, 2.75) is 34.6 Å². The predicted octanol–water partition coefficient (Wildman–Crippen LogP) is 4.97. The second kappa shape index (κ2) is 7.72. The number of allylic oxidation sites excluding steroid dienone is 3. The van der Waals surface area contributed by atoms with Crippen molar-refractivity contribution in [3.05, 3.63) is 53.3 Å². The number of benzene rings is 1. The first kappa shape index (κ1) is 15.5. The molecule has 1 rings (SSSR count). The number of rotatable bonds is 3. The Kier molecular flexibility index (Phi) is 7.04. The van der Waals surface area contributed by atoms with E-state index in [1.165, 1.54) is 5.56 Å². The van der Waals surface area contributed by atoms with E-state index in [9.17, 15) is 0 Å². The Morgan fingerprint density at radius 3 is 1.88 bits per heavy atom. The Bertz CT molecular complexity index is 382. The van der Waals surface area contributed by atoms with Crippen LogP contribution < -0.4 is 0 Å². The summed E-state index contributed by atoms with van der Waals surface area (Å²) in [5.74, 6) is 0.909. The van der Waals surface area contributed by atoms with E-state index in [0.717, 1.165) is 22.5 Å². The first-order valence-corrected chi connectivity index (χ1v) is 6.04. The zero-order valence-corrected chi connectivity index (χ0v) is 11.9. The molecule has 17 heavy (non-hydrogen) atoms. The molecule has 0 fully saturated rings. The van der Waals surface area contributed by atoms with Crippen molar-refractivity contribution in [2.24, 2.45) is 0 Å². The number of hydrogen-bond donors (Lipinski definition) is 0. The third-order valence-electron chi connectivity index (χ3n) is 2.43. The van der Waals surface area contributed by atoms with Gasteiger partial charge in [-0.05, 0) is 31.9 Å². The van der Waals surface area contributed by atoms with Crippen LogP contribution in [0.1, 0.15) is 38.8 Å². The highest BCUT2D eigenvalue weighted by atomic mass is 16.5. The smallest absolute Gasteiger partial charge is 0.100 e. The van der Waals surface area contributed by atoms with E-state index in [-0.39, 0.29) is 0 Å². The molecule has 0 N–H and O–H groups in total. The standard InChI is InChI=1S/C14H18O.C2H6/c1-10(2)14(12(4)15-5)13-8-6-11(3)7-9-13;1-2/h6-9H,1H2,2-5H3;1-2H3/b14-12+;. The maximum atomic E-state index is 5.28. The van der Waals surface area contributed by atoms with E-state index >= 15 is 0 Å². The van der Waals surface area contributed by atoms with Crippen molar-refractivity contribution >= 4 is 5.57 Å². The molecule has 0 aliphatic rings. The average Bonchev–Trinajstić information content (AvgIpc) is 2.34. The van der Waals surface area contributed by atoms with Crippen LogP contribution in [0.5, 0.6) is 0 Å². The van der Waals surface area contributed by atoms with Crippen LogP contribution in [0.2, 0.25) is 0 Å². The van der Waals surface area contributed by atoms with Gasteiger partial charge < -0.3 is 4.74 Å². The van der Waals surface area contributed by atoms with Gasteiger partial charge in [0.1, 0.15) is 5.76 Å². The lowest BCUT2D eigenvalue weighted by atomic mass is 9.98. The summed E-state index contributed by atoms with van der Waals surface area (Å²) in [5, 5.41) is 0. The molecule has 0 aliphatic carbocycles. The van der Waals surface area contributed by atoms with Gasteiger partial charge in [-0.1, -0.05) is 50.3 Å². The molecule has 0 aliphatic heterocycles. The van der Waals surface area contributed by atoms with E-state index in [1.807, 2.05) is 27.7 Å². The van der Waals surface area contributed by atoms with E-state index in [2.05, 4.69) is 37.8 Å². The van der Waals surface area contributed by atoms with Crippen molar-refractivity contribution in [2.75, 3.05) is 7.11 Å². The Morgan fingerprint density at radius 2 is 1.53 bits per heavy atom. The zero-order valence-electron chi connectivity index (χ0n) is 11.9. The second-order valence-corrected chi connectivity index (χ2v) is 3.78.